The molecule has 0 aliphatic carbocycles. The summed E-state index contributed by atoms with van der Waals surface area (Å²) in [6.45, 7) is 2.55. The molecule has 6 heteroatoms. The fourth-order valence-electron chi connectivity index (χ4n) is 0.893. The molecule has 0 radical (unpaired) electrons. The van der Waals surface area contributed by atoms with Crippen molar-refractivity contribution in [2.75, 3.05) is 12.3 Å². The average Bonchev–Trinajstić information content (AvgIpc) is 2.52. The lowest BCUT2D eigenvalue weighted by molar-refractivity contribution is -0.144. The van der Waals surface area contributed by atoms with Crippen LogP contribution in [0.4, 0.5) is 5.95 Å². The maximum Gasteiger partial charge on any atom is 0.327 e. The van der Waals surface area contributed by atoms with Crippen LogP contribution in [0.5, 0.6) is 0 Å². The third kappa shape index (κ3) is 3.42. The molecule has 1 aromatic heterocycles. The van der Waals surface area contributed by atoms with E-state index in [0.29, 0.717) is 6.61 Å². The molecule has 0 fully saturated rings. The van der Waals surface area contributed by atoms with E-state index in [2.05, 4.69) is 10.1 Å². The Labute approximate surface area is 82.1 Å². The first-order valence-corrected chi connectivity index (χ1v) is 4.53. The SMILES string of the molecule is CCCCOC(=O)Cn1cnc(N)n1. The zero-order valence-corrected chi connectivity index (χ0v) is 8.14. The van der Waals surface area contributed by atoms with Gasteiger partial charge in [0.1, 0.15) is 12.9 Å². The summed E-state index contributed by atoms with van der Waals surface area (Å²) < 4.78 is 6.28. The van der Waals surface area contributed by atoms with Crippen molar-refractivity contribution in [3.8, 4) is 0 Å². The van der Waals surface area contributed by atoms with Gasteiger partial charge < -0.3 is 10.5 Å². The zero-order valence-electron chi connectivity index (χ0n) is 8.14. The molecule has 2 N–H and O–H groups in total. The van der Waals surface area contributed by atoms with Crippen LogP contribution in [0.1, 0.15) is 19.8 Å². The predicted octanol–water partition coefficient (Wildman–Crippen LogP) is 0.204. The summed E-state index contributed by atoms with van der Waals surface area (Å²) in [5, 5.41) is 3.76. The van der Waals surface area contributed by atoms with Gasteiger partial charge in [0.25, 0.3) is 0 Å². The minimum absolute atomic E-state index is 0.0634. The molecule has 0 aromatic carbocycles. The fourth-order valence-corrected chi connectivity index (χ4v) is 0.893. The van der Waals surface area contributed by atoms with Crippen LogP contribution in [0.15, 0.2) is 6.33 Å². The molecule has 0 saturated heterocycles. The minimum Gasteiger partial charge on any atom is -0.464 e. The number of nitrogens with two attached hydrogens (primary N) is 1. The van der Waals surface area contributed by atoms with E-state index in [1.165, 1.54) is 11.0 Å². The second-order valence-electron chi connectivity index (χ2n) is 2.87. The maximum atomic E-state index is 11.1. The van der Waals surface area contributed by atoms with Gasteiger partial charge in [0.2, 0.25) is 5.95 Å². The van der Waals surface area contributed by atoms with Crippen LogP contribution in [0.25, 0.3) is 0 Å². The number of carbonyl (C=O) groups excluding carboxylic acids is 1. The lowest BCUT2D eigenvalue weighted by atomic mass is 10.4. The largest absolute Gasteiger partial charge is 0.464 e. The molecule has 0 unspecified atom stereocenters. The molecule has 6 nitrogen and oxygen atoms in total. The smallest absolute Gasteiger partial charge is 0.327 e. The molecule has 0 spiro atoms. The van der Waals surface area contributed by atoms with Crippen molar-refractivity contribution in [1.29, 1.82) is 0 Å². The minimum atomic E-state index is -0.316. The van der Waals surface area contributed by atoms with E-state index in [0.717, 1.165) is 12.8 Å². The average molecular weight is 198 g/mol. The Morgan fingerprint density at radius 1 is 1.71 bits per heavy atom. The van der Waals surface area contributed by atoms with Gasteiger partial charge in [0.05, 0.1) is 6.61 Å². The van der Waals surface area contributed by atoms with Crippen LogP contribution in [0.2, 0.25) is 0 Å². The summed E-state index contributed by atoms with van der Waals surface area (Å²) in [5.74, 6) is -0.158. The summed E-state index contributed by atoms with van der Waals surface area (Å²) in [6.07, 6.45) is 3.28. The zero-order chi connectivity index (χ0) is 10.4. The van der Waals surface area contributed by atoms with Gasteiger partial charge in [-0.05, 0) is 6.42 Å². The first-order chi connectivity index (χ1) is 6.72. The number of hydrogen-bond donors (Lipinski definition) is 1. The molecule has 14 heavy (non-hydrogen) atoms. The number of rotatable bonds is 5. The number of esters is 1. The third-order valence-electron chi connectivity index (χ3n) is 1.61. The van der Waals surface area contributed by atoms with Gasteiger partial charge in [0.15, 0.2) is 0 Å². The number of nitrogen functional groups attached to an aromatic ring is 1. The van der Waals surface area contributed by atoms with Crippen LogP contribution in [0.3, 0.4) is 0 Å². The van der Waals surface area contributed by atoms with Crippen molar-refractivity contribution >= 4 is 11.9 Å². The summed E-state index contributed by atoms with van der Waals surface area (Å²) in [5.41, 5.74) is 5.28. The number of ether oxygens (including phenoxy) is 1. The standard InChI is InChI=1S/C8H14N4O2/c1-2-3-4-14-7(13)5-12-6-10-8(9)11-12/h6H,2-5H2,1H3,(H2,9,11). The van der Waals surface area contributed by atoms with E-state index in [9.17, 15) is 4.79 Å². The molecular formula is C8H14N4O2. The van der Waals surface area contributed by atoms with Gasteiger partial charge in [-0.1, -0.05) is 13.3 Å². The Kier molecular flexibility index (Phi) is 3.90. The summed E-state index contributed by atoms with van der Waals surface area (Å²) in [6, 6.07) is 0. The van der Waals surface area contributed by atoms with E-state index < -0.39 is 0 Å². The van der Waals surface area contributed by atoms with Gasteiger partial charge in [-0.3, -0.25) is 4.79 Å². The van der Waals surface area contributed by atoms with Gasteiger partial charge >= 0.3 is 5.97 Å². The van der Waals surface area contributed by atoms with Gasteiger partial charge in [-0.15, -0.1) is 5.10 Å². The van der Waals surface area contributed by atoms with Gasteiger partial charge in [-0.2, -0.15) is 0 Å². The normalized spacial score (nSPS) is 10.1. The lowest BCUT2D eigenvalue weighted by Crippen LogP contribution is -2.14. The summed E-state index contributed by atoms with van der Waals surface area (Å²) in [4.78, 5) is 14.8. The number of hydrogen-bond acceptors (Lipinski definition) is 5. The highest BCUT2D eigenvalue weighted by Gasteiger charge is 2.04. The number of unbranched alkanes of at least 4 members (excludes halogenated alkanes) is 1. The van der Waals surface area contributed by atoms with Crippen molar-refractivity contribution in [2.24, 2.45) is 0 Å². The highest BCUT2D eigenvalue weighted by molar-refractivity contribution is 5.68. The van der Waals surface area contributed by atoms with Crippen LogP contribution in [0, 0.1) is 0 Å². The molecule has 1 heterocycles. The Bertz CT molecular complexity index is 297. The lowest BCUT2D eigenvalue weighted by Gasteiger charge is -2.02. The Morgan fingerprint density at radius 3 is 3.07 bits per heavy atom. The van der Waals surface area contributed by atoms with E-state index in [4.69, 9.17) is 10.5 Å². The van der Waals surface area contributed by atoms with Crippen molar-refractivity contribution < 1.29 is 9.53 Å². The molecular weight excluding hydrogens is 184 g/mol. The predicted molar refractivity (Wildman–Crippen MR) is 50.3 cm³/mol. The van der Waals surface area contributed by atoms with Crippen LogP contribution < -0.4 is 5.73 Å². The van der Waals surface area contributed by atoms with E-state index in [-0.39, 0.29) is 18.5 Å². The molecule has 0 amide bonds. The first kappa shape index (κ1) is 10.5. The van der Waals surface area contributed by atoms with Crippen LogP contribution in [-0.2, 0) is 16.1 Å². The number of aromatic nitrogens is 3. The van der Waals surface area contributed by atoms with E-state index in [1.807, 2.05) is 6.92 Å². The van der Waals surface area contributed by atoms with Gasteiger partial charge in [-0.25, -0.2) is 9.67 Å². The quantitative estimate of drug-likeness (QED) is 0.540. The number of nitrogens with zero attached hydrogens (tertiary/aromatic N) is 3. The Balaban J connectivity index is 2.27. The maximum absolute atomic E-state index is 11.1. The molecule has 0 aliphatic heterocycles. The third-order valence-corrected chi connectivity index (χ3v) is 1.61. The molecule has 78 valence electrons. The van der Waals surface area contributed by atoms with Crippen molar-refractivity contribution in [1.82, 2.24) is 14.8 Å². The highest BCUT2D eigenvalue weighted by Crippen LogP contribution is 1.93. The van der Waals surface area contributed by atoms with Crippen molar-refractivity contribution in [3.63, 3.8) is 0 Å². The molecule has 1 aromatic rings. The Hall–Kier alpha value is -1.59. The molecule has 0 aliphatic rings. The molecule has 0 saturated carbocycles. The monoisotopic (exact) mass is 198 g/mol. The van der Waals surface area contributed by atoms with E-state index in [1.54, 1.807) is 0 Å². The van der Waals surface area contributed by atoms with Crippen molar-refractivity contribution in [2.45, 2.75) is 26.3 Å². The molecule has 0 atom stereocenters. The topological polar surface area (TPSA) is 83.0 Å². The molecule has 1 rings (SSSR count). The second-order valence-corrected chi connectivity index (χ2v) is 2.87. The number of anilines is 1. The van der Waals surface area contributed by atoms with Gasteiger partial charge in [0, 0.05) is 0 Å². The molecule has 0 bridgehead atoms. The number of carbonyl (C=O) groups is 1. The second kappa shape index (κ2) is 5.21. The summed E-state index contributed by atoms with van der Waals surface area (Å²) >= 11 is 0. The first-order valence-electron chi connectivity index (χ1n) is 4.53. The van der Waals surface area contributed by atoms with Crippen molar-refractivity contribution in [3.05, 3.63) is 6.33 Å². The highest BCUT2D eigenvalue weighted by atomic mass is 16.5. The van der Waals surface area contributed by atoms with E-state index >= 15 is 0 Å². The van der Waals surface area contributed by atoms with Crippen LogP contribution >= 0.6 is 0 Å². The van der Waals surface area contributed by atoms with Crippen LogP contribution in [-0.4, -0.2) is 27.3 Å². The fraction of sp³-hybridized carbons (Fsp3) is 0.625. The summed E-state index contributed by atoms with van der Waals surface area (Å²) in [7, 11) is 0. The Morgan fingerprint density at radius 2 is 2.50 bits per heavy atom.